The number of rotatable bonds is 11. The first-order valence-corrected chi connectivity index (χ1v) is 31.7. The number of esters is 6. The Kier molecular flexibility index (Phi) is 12.0. The molecule has 8 bridgehead atoms. The average Bonchev–Trinajstić information content (AvgIpc) is 1.45. The van der Waals surface area contributed by atoms with Crippen molar-refractivity contribution in [3.63, 3.8) is 0 Å². The molecular formula is C66H82O25. The Balaban J connectivity index is 0.000000156. The molecule has 8 heterocycles. The van der Waals surface area contributed by atoms with Gasteiger partial charge in [-0.3, -0.25) is 24.0 Å². The van der Waals surface area contributed by atoms with Crippen LogP contribution in [0.1, 0.15) is 164 Å². The number of fused-ring (bicyclic) bond motifs is 6. The monoisotopic (exact) mass is 1270 g/mol. The summed E-state index contributed by atoms with van der Waals surface area (Å²) < 4.78 is 87.6. The minimum Gasteiger partial charge on any atom is -0.511 e. The maximum atomic E-state index is 14.7. The number of carbonyl (C=O) groups is 6. The number of ether oxygens (including phenoxy) is 12. The quantitative estimate of drug-likeness (QED) is 0.0782. The zero-order chi connectivity index (χ0) is 65.6. The molecule has 8 aliphatic carbocycles. The second kappa shape index (κ2) is 17.7. The summed E-state index contributed by atoms with van der Waals surface area (Å²) in [5, 5.41) is 62.4. The molecule has 8 saturated carbocycles. The molecule has 496 valence electrons. The van der Waals surface area contributed by atoms with E-state index in [1.54, 1.807) is 39.8 Å². The molecule has 0 radical (unpaired) electrons. The van der Waals surface area contributed by atoms with Gasteiger partial charge < -0.3 is 91.2 Å². The largest absolute Gasteiger partial charge is 0.511 e. The molecule has 6 saturated heterocycles. The van der Waals surface area contributed by atoms with Gasteiger partial charge in [0.25, 0.3) is 11.9 Å². The van der Waals surface area contributed by atoms with Gasteiger partial charge in [0, 0.05) is 102 Å². The van der Waals surface area contributed by atoms with E-state index in [4.69, 9.17) is 65.7 Å². The van der Waals surface area contributed by atoms with Gasteiger partial charge in [0.2, 0.25) is 0 Å². The summed E-state index contributed by atoms with van der Waals surface area (Å²) >= 11 is 0. The minimum atomic E-state index is -2.25. The van der Waals surface area contributed by atoms with Crippen LogP contribution in [0.2, 0.25) is 0 Å². The molecule has 26 unspecified atom stereocenters. The molecule has 14 aliphatic rings. The maximum absolute atomic E-state index is 14.7. The summed E-state index contributed by atoms with van der Waals surface area (Å²) in [6.45, 7) is 20.6. The highest BCUT2D eigenvalue weighted by atomic mass is 16.9. The van der Waals surface area contributed by atoms with Gasteiger partial charge in [-0.25, -0.2) is 4.79 Å². The first-order chi connectivity index (χ1) is 42.4. The molecule has 2 aromatic heterocycles. The zero-order valence-electron chi connectivity index (χ0n) is 53.6. The van der Waals surface area contributed by atoms with Gasteiger partial charge in [-0.2, -0.15) is 0 Å². The number of aliphatic hydroxyl groups excluding tert-OH is 3. The standard InChI is InChI=1S/C37H46O14.C29H36O11/c1-17(2)24(41)23-25-30(5,26(46-18(3)38)20-10-13-45-15-20)11-12-34-32(7)21(14-22(40)44-9)31(6)16-35(32)36(43,28(31)47-19(4)39)29(48-27(23)42)37(25,34)51-33(8,49-34)50-35;1-22(19(32)14-6-9-36-12-14)7-8-26-24(3)15(10-17(30)35-5)23(2)13-27(24)28(34,20(23)33)21-29(26,16(22)11-18(31)37-21)40-25(4,38-26)39-27/h10,13,15,17,21,25-26,28-29,41,43H,11-12,14,16H2,1-9H3;6,9,12,15-16,19-21,32-34H,7-8,10-11,13H2,1-5H3/b24-23-;. The number of aliphatic hydroxyl groups is 5. The van der Waals surface area contributed by atoms with Crippen molar-refractivity contribution in [1.82, 2.24) is 0 Å². The highest BCUT2D eigenvalue weighted by Crippen LogP contribution is 2.92. The van der Waals surface area contributed by atoms with E-state index in [9.17, 15) is 54.3 Å². The van der Waals surface area contributed by atoms with Crippen molar-refractivity contribution in [1.29, 1.82) is 0 Å². The van der Waals surface area contributed by atoms with Crippen molar-refractivity contribution < 1.29 is 120 Å². The van der Waals surface area contributed by atoms with E-state index in [2.05, 4.69) is 0 Å². The number of hydrogen-bond donors (Lipinski definition) is 5. The van der Waals surface area contributed by atoms with E-state index in [1.165, 1.54) is 53.1 Å². The summed E-state index contributed by atoms with van der Waals surface area (Å²) in [7, 11) is 2.62. The SMILES string of the molecule is COC(=O)CC1C2(C)CC34OC5(C)OC67C(/C(=C(/O)C(C)C)C(=O)OC6C3(O)C2OC(C)=O)C(C)(C(OC(C)=O)c2ccoc2)CCC7(O5)C14C.COC(=O)CC1C2(C)CC34OC5(C)OC67C(CC(=O)OC6C3(O)C2O)C(C)(C(O)c2ccoc2)CCC7(O5)C14C. The van der Waals surface area contributed by atoms with Gasteiger partial charge >= 0.3 is 35.8 Å². The lowest BCUT2D eigenvalue weighted by Crippen LogP contribution is -2.94. The molecule has 0 amide bonds. The Labute approximate surface area is 524 Å². The highest BCUT2D eigenvalue weighted by molar-refractivity contribution is 5.92. The second-order valence-corrected chi connectivity index (χ2v) is 31.0. The van der Waals surface area contributed by atoms with Crippen LogP contribution in [0.3, 0.4) is 0 Å². The molecular weight excluding hydrogens is 1190 g/mol. The molecule has 0 aromatic carbocycles. The second-order valence-electron chi connectivity index (χ2n) is 31.0. The maximum Gasteiger partial charge on any atom is 0.338 e. The van der Waals surface area contributed by atoms with Crippen LogP contribution < -0.4 is 0 Å². The Morgan fingerprint density at radius 3 is 1.69 bits per heavy atom. The van der Waals surface area contributed by atoms with E-state index < -0.39 is 191 Å². The third-order valence-corrected chi connectivity index (χ3v) is 27.2. The van der Waals surface area contributed by atoms with Crippen molar-refractivity contribution in [2.75, 3.05) is 14.2 Å². The normalized spacial score (nSPS) is 53.7. The summed E-state index contributed by atoms with van der Waals surface area (Å²) in [4.78, 5) is 80.1. The lowest BCUT2D eigenvalue weighted by atomic mass is 9.33. The number of hydrogen-bond acceptors (Lipinski definition) is 25. The lowest BCUT2D eigenvalue weighted by Gasteiger charge is -2.77. The van der Waals surface area contributed by atoms with E-state index in [0.29, 0.717) is 24.0 Å². The van der Waals surface area contributed by atoms with Crippen molar-refractivity contribution in [2.24, 2.45) is 62.1 Å². The zero-order valence-corrected chi connectivity index (χ0v) is 53.6. The van der Waals surface area contributed by atoms with E-state index in [1.807, 2.05) is 41.5 Å². The predicted molar refractivity (Wildman–Crippen MR) is 300 cm³/mol. The van der Waals surface area contributed by atoms with Crippen LogP contribution in [0.25, 0.3) is 0 Å². The molecule has 5 N–H and O–H groups in total. The Morgan fingerprint density at radius 1 is 0.648 bits per heavy atom. The first-order valence-electron chi connectivity index (χ1n) is 31.7. The average molecular weight is 1280 g/mol. The minimum absolute atomic E-state index is 0.0241. The molecule has 2 aromatic rings. The van der Waals surface area contributed by atoms with Crippen molar-refractivity contribution in [3.8, 4) is 0 Å². The van der Waals surface area contributed by atoms with E-state index in [0.717, 1.165) is 0 Å². The van der Waals surface area contributed by atoms with E-state index in [-0.39, 0.29) is 56.3 Å². The molecule has 6 aliphatic heterocycles. The summed E-state index contributed by atoms with van der Waals surface area (Å²) in [5.41, 5.74) is -19.1. The van der Waals surface area contributed by atoms with Crippen LogP contribution in [-0.2, 0) is 85.6 Å². The van der Waals surface area contributed by atoms with Crippen LogP contribution in [0.4, 0.5) is 0 Å². The van der Waals surface area contributed by atoms with Gasteiger partial charge in [0.15, 0.2) is 29.0 Å². The number of furan rings is 2. The van der Waals surface area contributed by atoms with Gasteiger partial charge in [0.1, 0.15) is 46.0 Å². The van der Waals surface area contributed by atoms with E-state index >= 15 is 0 Å². The molecule has 26 atom stereocenters. The van der Waals surface area contributed by atoms with Crippen LogP contribution in [-0.4, -0.2) is 157 Å². The van der Waals surface area contributed by atoms with Gasteiger partial charge in [-0.1, -0.05) is 55.4 Å². The molecule has 91 heavy (non-hydrogen) atoms. The summed E-state index contributed by atoms with van der Waals surface area (Å²) in [5.74, 6) is -11.1. The Bertz CT molecular complexity index is 3590. The summed E-state index contributed by atoms with van der Waals surface area (Å²) in [6.07, 6.45) is -0.576. The van der Waals surface area contributed by atoms with Crippen molar-refractivity contribution in [2.45, 2.75) is 234 Å². The smallest absolute Gasteiger partial charge is 0.338 e. The van der Waals surface area contributed by atoms with Crippen LogP contribution in [0.15, 0.2) is 57.4 Å². The summed E-state index contributed by atoms with van der Waals surface area (Å²) in [6, 6.07) is 3.36. The van der Waals surface area contributed by atoms with Gasteiger partial charge in [-0.05, 0) is 62.5 Å². The third-order valence-electron chi connectivity index (χ3n) is 27.2. The molecule has 16 rings (SSSR count). The highest BCUT2D eigenvalue weighted by Gasteiger charge is 3.06. The fourth-order valence-electron chi connectivity index (χ4n) is 24.6. The van der Waals surface area contributed by atoms with Crippen molar-refractivity contribution in [3.05, 3.63) is 59.6 Å². The van der Waals surface area contributed by atoms with Gasteiger partial charge in [-0.15, -0.1) is 0 Å². The van der Waals surface area contributed by atoms with Crippen LogP contribution >= 0.6 is 0 Å². The Morgan fingerprint density at radius 2 is 1.15 bits per heavy atom. The fraction of sp³-hybridized carbons (Fsp3) is 0.758. The topological polar surface area (TPSA) is 341 Å². The molecule has 6 spiro atoms. The number of carbonyl (C=O) groups excluding carboxylic acids is 6. The predicted octanol–water partition coefficient (Wildman–Crippen LogP) is 5.67. The number of allylic oxidation sites excluding steroid dienone is 1. The first kappa shape index (κ1) is 61.7. The molecule has 14 fully saturated rings. The van der Waals surface area contributed by atoms with Crippen molar-refractivity contribution >= 4 is 35.8 Å². The third kappa shape index (κ3) is 6.13. The lowest BCUT2D eigenvalue weighted by molar-refractivity contribution is -0.479. The molecule has 25 heteroatoms. The molecule has 25 nitrogen and oxygen atoms in total. The van der Waals surface area contributed by atoms with Crippen LogP contribution in [0.5, 0.6) is 0 Å². The van der Waals surface area contributed by atoms with Gasteiger partial charge in [0.05, 0.1) is 63.5 Å². The fourth-order valence-corrected chi connectivity index (χ4v) is 24.6. The van der Waals surface area contributed by atoms with Crippen LogP contribution in [0, 0.1) is 62.1 Å². The number of methoxy groups -OCH3 is 2. The Hall–Kier alpha value is -5.48.